The lowest BCUT2D eigenvalue weighted by atomic mass is 10.1. The van der Waals surface area contributed by atoms with Crippen molar-refractivity contribution in [3.8, 4) is 5.69 Å². The molecule has 1 aromatic heterocycles. The fourth-order valence-electron chi connectivity index (χ4n) is 2.78. The predicted molar refractivity (Wildman–Crippen MR) is 112 cm³/mol. The molecular formula is C22H24FN5O2. The number of hydrogen-bond donors (Lipinski definition) is 2. The van der Waals surface area contributed by atoms with Crippen molar-refractivity contribution >= 4 is 17.5 Å². The van der Waals surface area contributed by atoms with Crippen molar-refractivity contribution in [3.63, 3.8) is 0 Å². The quantitative estimate of drug-likeness (QED) is 0.624. The van der Waals surface area contributed by atoms with Crippen molar-refractivity contribution < 1.29 is 14.0 Å². The highest BCUT2D eigenvalue weighted by Gasteiger charge is 2.15. The normalized spacial score (nSPS) is 11.7. The molecule has 0 bridgehead atoms. The zero-order chi connectivity index (χ0) is 21.7. The molecule has 30 heavy (non-hydrogen) atoms. The van der Waals surface area contributed by atoms with Gasteiger partial charge >= 0.3 is 0 Å². The maximum atomic E-state index is 13.1. The van der Waals surface area contributed by atoms with Crippen LogP contribution < -0.4 is 10.6 Å². The van der Waals surface area contributed by atoms with E-state index in [1.807, 2.05) is 32.0 Å². The first-order chi connectivity index (χ1) is 14.4. The van der Waals surface area contributed by atoms with Crippen LogP contribution >= 0.6 is 0 Å². The summed E-state index contributed by atoms with van der Waals surface area (Å²) in [7, 11) is 0. The van der Waals surface area contributed by atoms with Crippen LogP contribution in [0, 0.1) is 18.7 Å². The van der Waals surface area contributed by atoms with Crippen LogP contribution in [0.4, 0.5) is 10.1 Å². The Balaban J connectivity index is 1.65. The van der Waals surface area contributed by atoms with Crippen LogP contribution in [-0.2, 0) is 11.3 Å². The first-order valence-electron chi connectivity index (χ1n) is 9.75. The van der Waals surface area contributed by atoms with Gasteiger partial charge in [0.05, 0.1) is 5.69 Å². The monoisotopic (exact) mass is 409 g/mol. The maximum Gasteiger partial charge on any atom is 0.291 e. The number of aryl methyl sites for hydroxylation is 1. The van der Waals surface area contributed by atoms with Gasteiger partial charge in [0.2, 0.25) is 11.7 Å². The smallest absolute Gasteiger partial charge is 0.291 e. The molecule has 0 radical (unpaired) electrons. The summed E-state index contributed by atoms with van der Waals surface area (Å²) in [4.78, 5) is 28.7. The third-order valence-corrected chi connectivity index (χ3v) is 4.75. The number of nitrogens with one attached hydrogen (secondary N) is 2. The van der Waals surface area contributed by atoms with E-state index < -0.39 is 5.91 Å². The van der Waals surface area contributed by atoms with E-state index in [0.29, 0.717) is 17.2 Å². The first kappa shape index (κ1) is 21.2. The number of hydrogen-bond acceptors (Lipinski definition) is 4. The van der Waals surface area contributed by atoms with E-state index >= 15 is 0 Å². The molecule has 7 nitrogen and oxygen atoms in total. The standard InChI is InChI=1S/C22H24FN5O2/c1-4-14(2)21(29)26-18-7-5-6-16(12-18)13-24-22(30)20-25-15(3)28(27-20)19-10-8-17(23)9-11-19/h5-12,14H,4,13H2,1-3H3,(H,24,30)(H,26,29)/t14-/m0/s1. The van der Waals surface area contributed by atoms with Crippen molar-refractivity contribution in [2.24, 2.45) is 5.92 Å². The fourth-order valence-corrected chi connectivity index (χ4v) is 2.78. The molecule has 2 amide bonds. The van der Waals surface area contributed by atoms with E-state index in [0.717, 1.165) is 12.0 Å². The minimum absolute atomic E-state index is 0.0260. The van der Waals surface area contributed by atoms with Crippen LogP contribution in [0.5, 0.6) is 0 Å². The molecule has 0 saturated carbocycles. The summed E-state index contributed by atoms with van der Waals surface area (Å²) in [5.74, 6) is -0.340. The SMILES string of the molecule is CC[C@H](C)C(=O)Nc1cccc(CNC(=O)c2nc(C)n(-c3ccc(F)cc3)n2)c1. The summed E-state index contributed by atoms with van der Waals surface area (Å²) in [5.41, 5.74) is 2.13. The van der Waals surface area contributed by atoms with Gasteiger partial charge in [-0.1, -0.05) is 26.0 Å². The summed E-state index contributed by atoms with van der Waals surface area (Å²) in [6.07, 6.45) is 0.762. The molecule has 0 aliphatic carbocycles. The largest absolute Gasteiger partial charge is 0.345 e. The summed E-state index contributed by atoms with van der Waals surface area (Å²) < 4.78 is 14.6. The molecule has 1 atom stereocenters. The molecule has 0 fully saturated rings. The Hall–Kier alpha value is -3.55. The lowest BCUT2D eigenvalue weighted by Crippen LogP contribution is -2.24. The third kappa shape index (κ3) is 5.08. The number of rotatable bonds is 7. The van der Waals surface area contributed by atoms with E-state index in [2.05, 4.69) is 20.7 Å². The Kier molecular flexibility index (Phi) is 6.56. The second-order valence-corrected chi connectivity index (χ2v) is 7.05. The highest BCUT2D eigenvalue weighted by atomic mass is 19.1. The molecule has 0 unspecified atom stereocenters. The number of halogens is 1. The van der Waals surface area contributed by atoms with Gasteiger partial charge in [0, 0.05) is 18.2 Å². The number of anilines is 1. The number of carbonyl (C=O) groups excluding carboxylic acids is 2. The molecule has 0 aliphatic heterocycles. The molecule has 0 saturated heterocycles. The Morgan fingerprint density at radius 1 is 1.17 bits per heavy atom. The molecule has 0 aliphatic rings. The van der Waals surface area contributed by atoms with Crippen LogP contribution in [0.1, 0.15) is 42.3 Å². The first-order valence-corrected chi connectivity index (χ1v) is 9.75. The van der Waals surface area contributed by atoms with Gasteiger partial charge in [-0.2, -0.15) is 0 Å². The Labute approximate surface area is 174 Å². The lowest BCUT2D eigenvalue weighted by Gasteiger charge is -2.11. The van der Waals surface area contributed by atoms with Gasteiger partial charge in [0.15, 0.2) is 0 Å². The molecule has 3 aromatic rings. The van der Waals surface area contributed by atoms with Crippen molar-refractivity contribution in [2.75, 3.05) is 5.32 Å². The molecule has 8 heteroatoms. The molecular weight excluding hydrogens is 385 g/mol. The maximum absolute atomic E-state index is 13.1. The van der Waals surface area contributed by atoms with E-state index in [4.69, 9.17) is 0 Å². The van der Waals surface area contributed by atoms with Gasteiger partial charge in [-0.15, -0.1) is 5.10 Å². The van der Waals surface area contributed by atoms with E-state index in [-0.39, 0.29) is 30.0 Å². The zero-order valence-corrected chi connectivity index (χ0v) is 17.1. The van der Waals surface area contributed by atoms with Crippen LogP contribution in [0.3, 0.4) is 0 Å². The number of benzene rings is 2. The lowest BCUT2D eigenvalue weighted by molar-refractivity contribution is -0.119. The molecule has 1 heterocycles. The molecule has 156 valence electrons. The van der Waals surface area contributed by atoms with Crippen LogP contribution in [0.15, 0.2) is 48.5 Å². The Morgan fingerprint density at radius 3 is 2.60 bits per heavy atom. The van der Waals surface area contributed by atoms with E-state index in [9.17, 15) is 14.0 Å². The Bertz CT molecular complexity index is 1050. The second-order valence-electron chi connectivity index (χ2n) is 7.05. The molecule has 2 N–H and O–H groups in total. The fraction of sp³-hybridized carbons (Fsp3) is 0.273. The van der Waals surface area contributed by atoms with Gasteiger partial charge < -0.3 is 10.6 Å². The van der Waals surface area contributed by atoms with Crippen LogP contribution in [0.2, 0.25) is 0 Å². The highest BCUT2D eigenvalue weighted by molar-refractivity contribution is 5.92. The van der Waals surface area contributed by atoms with Gasteiger partial charge in [0.25, 0.3) is 5.91 Å². The van der Waals surface area contributed by atoms with Crippen molar-refractivity contribution in [2.45, 2.75) is 33.7 Å². The number of amides is 2. The van der Waals surface area contributed by atoms with Crippen molar-refractivity contribution in [1.82, 2.24) is 20.1 Å². The molecule has 3 rings (SSSR count). The number of carbonyl (C=O) groups is 2. The van der Waals surface area contributed by atoms with Crippen molar-refractivity contribution in [1.29, 1.82) is 0 Å². The van der Waals surface area contributed by atoms with Gasteiger partial charge in [-0.05, 0) is 55.3 Å². The minimum Gasteiger partial charge on any atom is -0.345 e. The summed E-state index contributed by atoms with van der Waals surface area (Å²) in [5, 5.41) is 9.88. The summed E-state index contributed by atoms with van der Waals surface area (Å²) in [6, 6.07) is 13.1. The van der Waals surface area contributed by atoms with E-state index in [1.165, 1.54) is 16.8 Å². The Morgan fingerprint density at radius 2 is 1.90 bits per heavy atom. The second kappa shape index (κ2) is 9.30. The molecule has 0 spiro atoms. The average Bonchev–Trinajstić information content (AvgIpc) is 3.14. The van der Waals surface area contributed by atoms with Gasteiger partial charge in [-0.3, -0.25) is 9.59 Å². The summed E-state index contributed by atoms with van der Waals surface area (Å²) >= 11 is 0. The predicted octanol–water partition coefficient (Wildman–Crippen LogP) is 3.63. The zero-order valence-electron chi connectivity index (χ0n) is 17.1. The molecule has 2 aromatic carbocycles. The van der Waals surface area contributed by atoms with E-state index in [1.54, 1.807) is 25.1 Å². The highest BCUT2D eigenvalue weighted by Crippen LogP contribution is 2.14. The minimum atomic E-state index is -0.423. The average molecular weight is 409 g/mol. The van der Waals surface area contributed by atoms with Crippen molar-refractivity contribution in [3.05, 3.63) is 71.6 Å². The van der Waals surface area contributed by atoms with Crippen LogP contribution in [0.25, 0.3) is 5.69 Å². The van der Waals surface area contributed by atoms with Gasteiger partial charge in [-0.25, -0.2) is 14.1 Å². The van der Waals surface area contributed by atoms with Crippen LogP contribution in [-0.4, -0.2) is 26.6 Å². The number of nitrogens with zero attached hydrogens (tertiary/aromatic N) is 3. The third-order valence-electron chi connectivity index (χ3n) is 4.75. The topological polar surface area (TPSA) is 88.9 Å². The van der Waals surface area contributed by atoms with Gasteiger partial charge in [0.1, 0.15) is 11.6 Å². The number of aromatic nitrogens is 3. The summed E-state index contributed by atoms with van der Waals surface area (Å²) in [6.45, 7) is 5.81.